The van der Waals surface area contributed by atoms with Gasteiger partial charge in [0.2, 0.25) is 0 Å². The van der Waals surface area contributed by atoms with Crippen LogP contribution in [0, 0.1) is 0 Å². The molecule has 0 amide bonds. The van der Waals surface area contributed by atoms with E-state index in [1.807, 2.05) is 0 Å². The average Bonchev–Trinajstić information content (AvgIpc) is 2.37. The molecule has 0 aliphatic rings. The molecule has 1 aromatic carbocycles. The number of nitrogens with two attached hydrogens (primary N) is 1. The van der Waals surface area contributed by atoms with Crippen LogP contribution in [0.5, 0.6) is 0 Å². The Labute approximate surface area is 119 Å². The Bertz CT molecular complexity index is 336. The summed E-state index contributed by atoms with van der Waals surface area (Å²) in [7, 11) is 0. The quantitative estimate of drug-likeness (QED) is 0.706. The Kier molecular flexibility index (Phi) is 9.13. The summed E-state index contributed by atoms with van der Waals surface area (Å²) in [5.41, 5.74) is 10.7. The summed E-state index contributed by atoms with van der Waals surface area (Å²) in [6, 6.07) is 6.84. The lowest BCUT2D eigenvalue weighted by atomic mass is 9.91. The van der Waals surface area contributed by atoms with Gasteiger partial charge in [-0.05, 0) is 36.0 Å². The number of halogens is 1. The Hall–Kier alpha value is -0.530. The number of aryl methyl sites for hydroxylation is 1. The zero-order valence-electron chi connectivity index (χ0n) is 12.0. The van der Waals surface area contributed by atoms with Crippen LogP contribution >= 0.6 is 12.4 Å². The third-order valence-electron chi connectivity index (χ3n) is 3.56. The van der Waals surface area contributed by atoms with Crippen LogP contribution in [0.1, 0.15) is 69.2 Å². The summed E-state index contributed by atoms with van der Waals surface area (Å²) in [4.78, 5) is 0. The number of rotatable bonds is 7. The summed E-state index contributed by atoms with van der Waals surface area (Å²) >= 11 is 0. The second-order valence-corrected chi connectivity index (χ2v) is 4.79. The smallest absolute Gasteiger partial charge is 0.0297 e. The predicted octanol–water partition coefficient (Wildman–Crippen LogP) is 4.81. The number of hydrogen-bond donors (Lipinski definition) is 1. The van der Waals surface area contributed by atoms with Gasteiger partial charge in [0.1, 0.15) is 0 Å². The Balaban J connectivity index is 0.00000289. The molecule has 2 N–H and O–H groups in total. The van der Waals surface area contributed by atoms with Gasteiger partial charge in [-0.15, -0.1) is 12.4 Å². The lowest BCUT2D eigenvalue weighted by Gasteiger charge is -2.18. The molecule has 0 aliphatic heterocycles. The first-order valence-corrected chi connectivity index (χ1v) is 7.10. The molecule has 1 nitrogen and oxygen atoms in total. The van der Waals surface area contributed by atoms with Crippen LogP contribution in [0.15, 0.2) is 18.2 Å². The molecule has 0 saturated heterocycles. The van der Waals surface area contributed by atoms with Gasteiger partial charge in [0, 0.05) is 6.04 Å². The monoisotopic (exact) mass is 269 g/mol. The molecule has 18 heavy (non-hydrogen) atoms. The molecule has 0 fully saturated rings. The second-order valence-electron chi connectivity index (χ2n) is 4.79. The summed E-state index contributed by atoms with van der Waals surface area (Å²) in [6.07, 6.45) is 7.13. The highest BCUT2D eigenvalue weighted by atomic mass is 35.5. The van der Waals surface area contributed by atoms with Crippen molar-refractivity contribution in [2.24, 2.45) is 5.73 Å². The van der Waals surface area contributed by atoms with Gasteiger partial charge in [-0.3, -0.25) is 0 Å². The molecule has 1 rings (SSSR count). The van der Waals surface area contributed by atoms with Gasteiger partial charge < -0.3 is 5.73 Å². The molecule has 104 valence electrons. The van der Waals surface area contributed by atoms with Gasteiger partial charge in [0.05, 0.1) is 0 Å². The highest BCUT2D eigenvalue weighted by Gasteiger charge is 2.11. The molecule has 0 radical (unpaired) electrons. The zero-order valence-corrected chi connectivity index (χ0v) is 12.9. The molecule has 0 aromatic heterocycles. The van der Waals surface area contributed by atoms with E-state index < -0.39 is 0 Å². The van der Waals surface area contributed by atoms with E-state index >= 15 is 0 Å². The van der Waals surface area contributed by atoms with E-state index in [1.165, 1.54) is 36.0 Å². The van der Waals surface area contributed by atoms with Crippen LogP contribution < -0.4 is 5.73 Å². The SMILES string of the molecule is CCCCCC(N)c1cccc(CC)c1CC.Cl. The number of benzene rings is 1. The van der Waals surface area contributed by atoms with Gasteiger partial charge in [-0.1, -0.05) is 58.2 Å². The fourth-order valence-electron chi connectivity index (χ4n) is 2.53. The topological polar surface area (TPSA) is 26.0 Å². The maximum Gasteiger partial charge on any atom is 0.0297 e. The first-order chi connectivity index (χ1) is 8.24. The first kappa shape index (κ1) is 17.5. The predicted molar refractivity (Wildman–Crippen MR) is 83.5 cm³/mol. The van der Waals surface area contributed by atoms with Crippen molar-refractivity contribution >= 4 is 12.4 Å². The Morgan fingerprint density at radius 1 is 1.06 bits per heavy atom. The highest BCUT2D eigenvalue weighted by Crippen LogP contribution is 2.24. The molecule has 2 heteroatoms. The van der Waals surface area contributed by atoms with E-state index in [0.29, 0.717) is 0 Å². The third kappa shape index (κ3) is 4.62. The Morgan fingerprint density at radius 2 is 1.78 bits per heavy atom. The maximum absolute atomic E-state index is 6.34. The van der Waals surface area contributed by atoms with Gasteiger partial charge in [-0.2, -0.15) is 0 Å². The molecular formula is C16H28ClN. The van der Waals surface area contributed by atoms with Crippen molar-refractivity contribution in [1.29, 1.82) is 0 Å². The lowest BCUT2D eigenvalue weighted by Crippen LogP contribution is -2.13. The molecule has 0 aliphatic carbocycles. The van der Waals surface area contributed by atoms with Crippen molar-refractivity contribution in [2.75, 3.05) is 0 Å². The van der Waals surface area contributed by atoms with Crippen LogP contribution in [-0.2, 0) is 12.8 Å². The van der Waals surface area contributed by atoms with Crippen LogP contribution in [0.4, 0.5) is 0 Å². The third-order valence-corrected chi connectivity index (χ3v) is 3.56. The van der Waals surface area contributed by atoms with E-state index in [2.05, 4.69) is 39.0 Å². The van der Waals surface area contributed by atoms with Crippen molar-refractivity contribution in [1.82, 2.24) is 0 Å². The molecule has 0 heterocycles. The van der Waals surface area contributed by atoms with Crippen LogP contribution in [-0.4, -0.2) is 0 Å². The maximum atomic E-state index is 6.34. The van der Waals surface area contributed by atoms with Crippen molar-refractivity contribution in [3.05, 3.63) is 34.9 Å². The summed E-state index contributed by atoms with van der Waals surface area (Å²) < 4.78 is 0. The standard InChI is InChI=1S/C16H27N.ClH/c1-4-7-8-12-16(17)15-11-9-10-13(5-2)14(15)6-3;/h9-11,16H,4-8,12,17H2,1-3H3;1H. The fourth-order valence-corrected chi connectivity index (χ4v) is 2.53. The summed E-state index contributed by atoms with van der Waals surface area (Å²) in [5, 5.41) is 0. The van der Waals surface area contributed by atoms with E-state index in [1.54, 1.807) is 0 Å². The van der Waals surface area contributed by atoms with Gasteiger partial charge in [0.25, 0.3) is 0 Å². The van der Waals surface area contributed by atoms with E-state index in [9.17, 15) is 0 Å². The van der Waals surface area contributed by atoms with E-state index in [0.717, 1.165) is 19.3 Å². The number of unbranched alkanes of at least 4 members (excludes halogenated alkanes) is 2. The van der Waals surface area contributed by atoms with Crippen molar-refractivity contribution in [2.45, 2.75) is 65.3 Å². The normalized spacial score (nSPS) is 12.0. The molecule has 1 atom stereocenters. The van der Waals surface area contributed by atoms with Crippen LogP contribution in [0.25, 0.3) is 0 Å². The molecule has 0 bridgehead atoms. The molecule has 0 saturated carbocycles. The minimum Gasteiger partial charge on any atom is -0.324 e. The van der Waals surface area contributed by atoms with E-state index in [-0.39, 0.29) is 18.4 Å². The lowest BCUT2D eigenvalue weighted by molar-refractivity contribution is 0.577. The zero-order chi connectivity index (χ0) is 12.7. The highest BCUT2D eigenvalue weighted by molar-refractivity contribution is 5.85. The minimum absolute atomic E-state index is 0. The minimum atomic E-state index is 0. The van der Waals surface area contributed by atoms with Crippen LogP contribution in [0.3, 0.4) is 0 Å². The Morgan fingerprint density at radius 3 is 2.33 bits per heavy atom. The van der Waals surface area contributed by atoms with Gasteiger partial charge in [-0.25, -0.2) is 0 Å². The fraction of sp³-hybridized carbons (Fsp3) is 0.625. The summed E-state index contributed by atoms with van der Waals surface area (Å²) in [6.45, 7) is 6.69. The van der Waals surface area contributed by atoms with Gasteiger partial charge >= 0.3 is 0 Å². The molecule has 1 unspecified atom stereocenters. The van der Waals surface area contributed by atoms with Crippen molar-refractivity contribution in [3.8, 4) is 0 Å². The van der Waals surface area contributed by atoms with E-state index in [4.69, 9.17) is 5.73 Å². The van der Waals surface area contributed by atoms with Crippen LogP contribution in [0.2, 0.25) is 0 Å². The summed E-state index contributed by atoms with van der Waals surface area (Å²) in [5.74, 6) is 0. The van der Waals surface area contributed by atoms with Crippen molar-refractivity contribution < 1.29 is 0 Å². The second kappa shape index (κ2) is 9.41. The van der Waals surface area contributed by atoms with Gasteiger partial charge in [0.15, 0.2) is 0 Å². The molecule has 0 spiro atoms. The first-order valence-electron chi connectivity index (χ1n) is 7.10. The van der Waals surface area contributed by atoms with Crippen molar-refractivity contribution in [3.63, 3.8) is 0 Å². The molecular weight excluding hydrogens is 242 g/mol. The average molecular weight is 270 g/mol. The number of hydrogen-bond acceptors (Lipinski definition) is 1. The largest absolute Gasteiger partial charge is 0.324 e. The molecule has 1 aromatic rings.